The van der Waals surface area contributed by atoms with E-state index >= 15 is 0 Å². The van der Waals surface area contributed by atoms with Gasteiger partial charge in [-0.05, 0) is 28.7 Å². The van der Waals surface area contributed by atoms with Crippen molar-refractivity contribution in [3.8, 4) is 0 Å². The van der Waals surface area contributed by atoms with E-state index in [-0.39, 0.29) is 5.41 Å². The van der Waals surface area contributed by atoms with Crippen LogP contribution in [0.15, 0.2) is 24.3 Å². The van der Waals surface area contributed by atoms with E-state index in [9.17, 15) is 5.11 Å². The van der Waals surface area contributed by atoms with Gasteiger partial charge in [0, 0.05) is 18.8 Å². The highest BCUT2D eigenvalue weighted by molar-refractivity contribution is 7.99. The third kappa shape index (κ3) is 4.23. The Morgan fingerprint density at radius 2 is 1.95 bits per heavy atom. The maximum Gasteiger partial charge on any atom is 0.0869 e. The molecule has 0 saturated carbocycles. The van der Waals surface area contributed by atoms with E-state index in [1.165, 1.54) is 11.1 Å². The maximum absolute atomic E-state index is 10.2. The Hall–Kier alpha value is -0.510. The summed E-state index contributed by atoms with van der Waals surface area (Å²) in [6.07, 6.45) is 0.910. The van der Waals surface area contributed by atoms with Crippen molar-refractivity contribution in [2.45, 2.75) is 44.8 Å². The van der Waals surface area contributed by atoms with Crippen LogP contribution in [0.3, 0.4) is 0 Å². The highest BCUT2D eigenvalue weighted by Crippen LogP contribution is 2.27. The van der Waals surface area contributed by atoms with Gasteiger partial charge in [0.1, 0.15) is 0 Å². The largest absolute Gasteiger partial charge is 0.388 e. The first-order valence-corrected chi connectivity index (χ1v) is 8.15. The van der Waals surface area contributed by atoms with Crippen molar-refractivity contribution < 1.29 is 5.11 Å². The van der Waals surface area contributed by atoms with E-state index < -0.39 is 5.60 Å². The molecular weight excluding hydrogens is 254 g/mol. The monoisotopic (exact) mass is 279 g/mol. The zero-order chi connectivity index (χ0) is 13.9. The Kier molecular flexibility index (Phi) is 4.59. The summed E-state index contributed by atoms with van der Waals surface area (Å²) in [6, 6.07) is 8.77. The van der Waals surface area contributed by atoms with Gasteiger partial charge in [-0.2, -0.15) is 11.8 Å². The highest BCUT2D eigenvalue weighted by Gasteiger charge is 2.30. The van der Waals surface area contributed by atoms with Crippen LogP contribution in [0.5, 0.6) is 0 Å². The number of hydrogen-bond acceptors (Lipinski definition) is 3. The summed E-state index contributed by atoms with van der Waals surface area (Å²) < 4.78 is 0. The van der Waals surface area contributed by atoms with Crippen molar-refractivity contribution in [1.82, 2.24) is 5.32 Å². The van der Waals surface area contributed by atoms with Crippen molar-refractivity contribution >= 4 is 11.8 Å². The Balaban J connectivity index is 1.83. The fraction of sp³-hybridized carbons (Fsp3) is 0.625. The SMILES string of the molecule is CC(C)(C)c1ccc(CNCC2(O)CCSC2)cc1. The van der Waals surface area contributed by atoms with Gasteiger partial charge in [0.15, 0.2) is 0 Å². The standard InChI is InChI=1S/C16H25NOS/c1-15(2,3)14-6-4-13(5-7-14)10-17-11-16(18)8-9-19-12-16/h4-7,17-18H,8-12H2,1-3H3. The van der Waals surface area contributed by atoms with Crippen molar-refractivity contribution in [3.05, 3.63) is 35.4 Å². The van der Waals surface area contributed by atoms with E-state index in [1.54, 1.807) is 0 Å². The Labute approximate surface area is 121 Å². The van der Waals surface area contributed by atoms with Crippen LogP contribution in [-0.4, -0.2) is 28.8 Å². The lowest BCUT2D eigenvalue weighted by Gasteiger charge is -2.22. The second-order valence-electron chi connectivity index (χ2n) is 6.58. The molecule has 1 heterocycles. The molecule has 1 aliphatic rings. The minimum Gasteiger partial charge on any atom is -0.388 e. The van der Waals surface area contributed by atoms with Gasteiger partial charge in [-0.15, -0.1) is 0 Å². The molecule has 0 spiro atoms. The lowest BCUT2D eigenvalue weighted by Crippen LogP contribution is -2.40. The molecule has 1 aliphatic heterocycles. The minimum atomic E-state index is -0.490. The second kappa shape index (κ2) is 5.86. The van der Waals surface area contributed by atoms with Crippen LogP contribution in [-0.2, 0) is 12.0 Å². The molecule has 19 heavy (non-hydrogen) atoms. The van der Waals surface area contributed by atoms with Gasteiger partial charge < -0.3 is 10.4 Å². The Morgan fingerprint density at radius 1 is 1.26 bits per heavy atom. The summed E-state index contributed by atoms with van der Waals surface area (Å²) in [5.41, 5.74) is 2.36. The van der Waals surface area contributed by atoms with E-state index in [2.05, 4.69) is 50.4 Å². The quantitative estimate of drug-likeness (QED) is 0.889. The normalized spacial score (nSPS) is 23.8. The topological polar surface area (TPSA) is 32.3 Å². The van der Waals surface area contributed by atoms with Crippen LogP contribution in [0.25, 0.3) is 0 Å². The van der Waals surface area contributed by atoms with Crippen LogP contribution in [0.4, 0.5) is 0 Å². The molecule has 1 unspecified atom stereocenters. The number of hydrogen-bond donors (Lipinski definition) is 2. The fourth-order valence-electron chi connectivity index (χ4n) is 2.30. The zero-order valence-electron chi connectivity index (χ0n) is 12.2. The molecule has 2 nitrogen and oxygen atoms in total. The van der Waals surface area contributed by atoms with Gasteiger partial charge in [0.05, 0.1) is 5.60 Å². The molecule has 0 aliphatic carbocycles. The summed E-state index contributed by atoms with van der Waals surface area (Å²) in [6.45, 7) is 8.22. The van der Waals surface area contributed by atoms with Crippen LogP contribution >= 0.6 is 11.8 Å². The Bertz CT molecular complexity index is 402. The van der Waals surface area contributed by atoms with E-state index in [0.29, 0.717) is 6.54 Å². The third-order valence-electron chi connectivity index (χ3n) is 3.69. The van der Waals surface area contributed by atoms with Crippen molar-refractivity contribution in [2.24, 2.45) is 0 Å². The van der Waals surface area contributed by atoms with Crippen LogP contribution in [0.1, 0.15) is 38.3 Å². The third-order valence-corrected chi connectivity index (χ3v) is 4.92. The second-order valence-corrected chi connectivity index (χ2v) is 7.68. The smallest absolute Gasteiger partial charge is 0.0869 e. The van der Waals surface area contributed by atoms with Crippen LogP contribution in [0, 0.1) is 0 Å². The highest BCUT2D eigenvalue weighted by atomic mass is 32.2. The molecule has 1 atom stereocenters. The first-order chi connectivity index (χ1) is 8.89. The average molecular weight is 279 g/mol. The van der Waals surface area contributed by atoms with Crippen LogP contribution in [0.2, 0.25) is 0 Å². The van der Waals surface area contributed by atoms with Gasteiger partial charge in [-0.25, -0.2) is 0 Å². The van der Waals surface area contributed by atoms with Crippen LogP contribution < -0.4 is 5.32 Å². The number of rotatable bonds is 4. The summed E-state index contributed by atoms with van der Waals surface area (Å²) in [5, 5.41) is 13.6. The number of benzene rings is 1. The fourth-order valence-corrected chi connectivity index (χ4v) is 3.59. The van der Waals surface area contributed by atoms with Gasteiger partial charge >= 0.3 is 0 Å². The van der Waals surface area contributed by atoms with Gasteiger partial charge in [0.25, 0.3) is 0 Å². The molecule has 2 N–H and O–H groups in total. The molecule has 106 valence electrons. The molecule has 0 bridgehead atoms. The molecule has 1 fully saturated rings. The minimum absolute atomic E-state index is 0.211. The molecule has 2 rings (SSSR count). The molecule has 1 aromatic carbocycles. The predicted molar refractivity (Wildman–Crippen MR) is 83.7 cm³/mol. The summed E-state index contributed by atoms with van der Waals surface area (Å²) in [4.78, 5) is 0. The predicted octanol–water partition coefficient (Wildman–Crippen LogP) is 2.94. The van der Waals surface area contributed by atoms with Crippen molar-refractivity contribution in [1.29, 1.82) is 0 Å². The molecule has 0 radical (unpaired) electrons. The van der Waals surface area contributed by atoms with E-state index in [0.717, 1.165) is 24.5 Å². The van der Waals surface area contributed by atoms with Gasteiger partial charge in [0.2, 0.25) is 0 Å². The first-order valence-electron chi connectivity index (χ1n) is 6.99. The summed E-state index contributed by atoms with van der Waals surface area (Å²) in [5.74, 6) is 1.95. The molecular formula is C16H25NOS. The molecule has 0 amide bonds. The molecule has 1 saturated heterocycles. The molecule has 1 aromatic rings. The number of aliphatic hydroxyl groups is 1. The van der Waals surface area contributed by atoms with Crippen molar-refractivity contribution in [3.63, 3.8) is 0 Å². The lowest BCUT2D eigenvalue weighted by atomic mass is 9.87. The van der Waals surface area contributed by atoms with Gasteiger partial charge in [-0.1, -0.05) is 45.0 Å². The number of nitrogens with one attached hydrogen (secondary N) is 1. The van der Waals surface area contributed by atoms with E-state index in [4.69, 9.17) is 0 Å². The van der Waals surface area contributed by atoms with Crippen molar-refractivity contribution in [2.75, 3.05) is 18.1 Å². The molecule has 0 aromatic heterocycles. The Morgan fingerprint density at radius 3 is 2.47 bits per heavy atom. The maximum atomic E-state index is 10.2. The lowest BCUT2D eigenvalue weighted by molar-refractivity contribution is 0.0675. The summed E-state index contributed by atoms with van der Waals surface area (Å²) in [7, 11) is 0. The molecule has 3 heteroatoms. The van der Waals surface area contributed by atoms with E-state index in [1.807, 2.05) is 11.8 Å². The van der Waals surface area contributed by atoms with Gasteiger partial charge in [-0.3, -0.25) is 0 Å². The summed E-state index contributed by atoms with van der Waals surface area (Å²) >= 11 is 1.84. The zero-order valence-corrected chi connectivity index (χ0v) is 13.0. The number of thioether (sulfide) groups is 1. The average Bonchev–Trinajstić information content (AvgIpc) is 2.76. The first kappa shape index (κ1) is 14.9.